The number of hydrogen-bond acceptors (Lipinski definition) is 3. The third-order valence-electron chi connectivity index (χ3n) is 2.30. The molecule has 0 spiro atoms. The first kappa shape index (κ1) is 14.0. The van der Waals surface area contributed by atoms with Crippen LogP contribution in [0.5, 0.6) is 5.75 Å². The molecule has 98 valence electrons. The number of hydrogen-bond donors (Lipinski definition) is 2. The number of carboxylic acids is 1. The summed E-state index contributed by atoms with van der Waals surface area (Å²) in [6.07, 6.45) is 0. The molecular weight excluding hydrogens is 234 g/mol. The Kier molecular flexibility index (Phi) is 5.17. The van der Waals surface area contributed by atoms with Crippen LogP contribution < -0.4 is 10.1 Å². The highest BCUT2D eigenvalue weighted by molar-refractivity contribution is 5.87. The van der Waals surface area contributed by atoms with E-state index < -0.39 is 5.97 Å². The van der Waals surface area contributed by atoms with Gasteiger partial charge in [-0.25, -0.2) is 4.79 Å². The Bertz CT molecular complexity index is 412. The predicted molar refractivity (Wildman–Crippen MR) is 66.7 cm³/mol. The zero-order valence-corrected chi connectivity index (χ0v) is 10.5. The second kappa shape index (κ2) is 6.64. The Morgan fingerprint density at radius 1 is 1.28 bits per heavy atom. The van der Waals surface area contributed by atoms with Gasteiger partial charge in [0.25, 0.3) is 0 Å². The summed E-state index contributed by atoms with van der Waals surface area (Å²) in [4.78, 5) is 21.9. The third-order valence-corrected chi connectivity index (χ3v) is 2.30. The quantitative estimate of drug-likeness (QED) is 0.752. The van der Waals surface area contributed by atoms with Crippen molar-refractivity contribution in [1.82, 2.24) is 5.32 Å². The van der Waals surface area contributed by atoms with Crippen molar-refractivity contribution >= 4 is 11.9 Å². The zero-order valence-electron chi connectivity index (χ0n) is 10.5. The number of amides is 1. The van der Waals surface area contributed by atoms with Crippen molar-refractivity contribution in [3.63, 3.8) is 0 Å². The fourth-order valence-electron chi connectivity index (χ4n) is 1.24. The fourth-order valence-corrected chi connectivity index (χ4v) is 1.24. The van der Waals surface area contributed by atoms with Gasteiger partial charge >= 0.3 is 5.97 Å². The first-order valence-corrected chi connectivity index (χ1v) is 5.74. The molecular formula is C13H17NO4. The predicted octanol–water partition coefficient (Wildman–Crippen LogP) is 1.54. The Balaban J connectivity index is 2.31. The van der Waals surface area contributed by atoms with Crippen molar-refractivity contribution in [2.45, 2.75) is 13.8 Å². The number of carbonyl (C=O) groups is 2. The van der Waals surface area contributed by atoms with Crippen LogP contribution in [0.15, 0.2) is 24.3 Å². The van der Waals surface area contributed by atoms with Gasteiger partial charge in [-0.05, 0) is 24.3 Å². The molecule has 1 aromatic carbocycles. The molecule has 18 heavy (non-hydrogen) atoms. The lowest BCUT2D eigenvalue weighted by atomic mass is 10.2. The van der Waals surface area contributed by atoms with Gasteiger partial charge in [-0.3, -0.25) is 4.79 Å². The lowest BCUT2D eigenvalue weighted by molar-refractivity contribution is -0.124. The van der Waals surface area contributed by atoms with Crippen molar-refractivity contribution in [2.75, 3.05) is 13.2 Å². The number of ether oxygens (including phenoxy) is 1. The minimum atomic E-state index is -0.967. The summed E-state index contributed by atoms with van der Waals surface area (Å²) >= 11 is 0. The summed E-state index contributed by atoms with van der Waals surface area (Å²) in [6.45, 7) is 4.42. The minimum absolute atomic E-state index is 0.0141. The van der Waals surface area contributed by atoms with Gasteiger partial charge in [-0.15, -0.1) is 0 Å². The van der Waals surface area contributed by atoms with Crippen molar-refractivity contribution in [2.24, 2.45) is 5.92 Å². The van der Waals surface area contributed by atoms with E-state index in [4.69, 9.17) is 9.84 Å². The van der Waals surface area contributed by atoms with Gasteiger partial charge in [0.1, 0.15) is 12.4 Å². The summed E-state index contributed by atoms with van der Waals surface area (Å²) in [7, 11) is 0. The molecule has 0 saturated carbocycles. The van der Waals surface area contributed by atoms with Crippen LogP contribution >= 0.6 is 0 Å². The molecule has 0 saturated heterocycles. The number of carbonyl (C=O) groups excluding carboxylic acids is 1. The average molecular weight is 251 g/mol. The lowest BCUT2D eigenvalue weighted by Crippen LogP contribution is -2.31. The van der Waals surface area contributed by atoms with E-state index in [0.29, 0.717) is 18.9 Å². The van der Waals surface area contributed by atoms with Gasteiger partial charge in [-0.1, -0.05) is 13.8 Å². The summed E-state index contributed by atoms with van der Waals surface area (Å²) < 4.78 is 5.36. The molecule has 0 heterocycles. The molecule has 0 radical (unpaired) electrons. The lowest BCUT2D eigenvalue weighted by Gasteiger charge is -2.09. The Labute approximate surface area is 106 Å². The van der Waals surface area contributed by atoms with Crippen LogP contribution in [0.25, 0.3) is 0 Å². The molecule has 5 heteroatoms. The largest absolute Gasteiger partial charge is 0.492 e. The van der Waals surface area contributed by atoms with E-state index in [9.17, 15) is 9.59 Å². The van der Waals surface area contributed by atoms with Crippen LogP contribution in [-0.4, -0.2) is 30.1 Å². The Morgan fingerprint density at radius 2 is 1.89 bits per heavy atom. The van der Waals surface area contributed by atoms with E-state index >= 15 is 0 Å². The number of rotatable bonds is 6. The molecule has 1 aromatic rings. The maximum absolute atomic E-state index is 11.2. The summed E-state index contributed by atoms with van der Waals surface area (Å²) in [5, 5.41) is 11.4. The molecule has 0 aliphatic rings. The SMILES string of the molecule is CC(C)C(=O)NCCOc1ccc(C(=O)O)cc1. The van der Waals surface area contributed by atoms with Crippen molar-refractivity contribution in [1.29, 1.82) is 0 Å². The molecule has 0 aliphatic heterocycles. The van der Waals surface area contributed by atoms with E-state index in [0.717, 1.165) is 0 Å². The highest BCUT2D eigenvalue weighted by Gasteiger charge is 2.05. The van der Waals surface area contributed by atoms with Crippen molar-refractivity contribution < 1.29 is 19.4 Å². The summed E-state index contributed by atoms with van der Waals surface area (Å²) in [5.74, 6) is -0.441. The third kappa shape index (κ3) is 4.45. The van der Waals surface area contributed by atoms with Crippen LogP contribution in [0.2, 0.25) is 0 Å². The first-order valence-electron chi connectivity index (χ1n) is 5.74. The Hall–Kier alpha value is -2.04. The molecule has 5 nitrogen and oxygen atoms in total. The molecule has 0 bridgehead atoms. The van der Waals surface area contributed by atoms with E-state index in [1.54, 1.807) is 12.1 Å². The second-order valence-electron chi connectivity index (χ2n) is 4.12. The maximum Gasteiger partial charge on any atom is 0.335 e. The maximum atomic E-state index is 11.2. The number of nitrogens with one attached hydrogen (secondary N) is 1. The highest BCUT2D eigenvalue weighted by atomic mass is 16.5. The van der Waals surface area contributed by atoms with Crippen LogP contribution in [0.3, 0.4) is 0 Å². The van der Waals surface area contributed by atoms with Crippen LogP contribution in [-0.2, 0) is 4.79 Å². The van der Waals surface area contributed by atoms with E-state index in [1.165, 1.54) is 12.1 Å². The standard InChI is InChI=1S/C13H17NO4/c1-9(2)12(15)14-7-8-18-11-5-3-10(4-6-11)13(16)17/h3-6,9H,7-8H2,1-2H3,(H,14,15)(H,16,17). The van der Waals surface area contributed by atoms with E-state index in [2.05, 4.69) is 5.32 Å². The van der Waals surface area contributed by atoms with E-state index in [-0.39, 0.29) is 17.4 Å². The van der Waals surface area contributed by atoms with Gasteiger partial charge in [0.05, 0.1) is 12.1 Å². The smallest absolute Gasteiger partial charge is 0.335 e. The zero-order chi connectivity index (χ0) is 13.5. The van der Waals surface area contributed by atoms with Gasteiger partial charge in [0.2, 0.25) is 5.91 Å². The number of benzene rings is 1. The first-order chi connectivity index (χ1) is 8.50. The molecule has 1 amide bonds. The van der Waals surface area contributed by atoms with Gasteiger partial charge < -0.3 is 15.2 Å². The van der Waals surface area contributed by atoms with Gasteiger partial charge in [0, 0.05) is 5.92 Å². The normalized spacial score (nSPS) is 10.2. The van der Waals surface area contributed by atoms with Crippen molar-refractivity contribution in [3.8, 4) is 5.75 Å². The fraction of sp³-hybridized carbons (Fsp3) is 0.385. The average Bonchev–Trinajstić information content (AvgIpc) is 2.34. The molecule has 1 rings (SSSR count). The van der Waals surface area contributed by atoms with Gasteiger partial charge in [-0.2, -0.15) is 0 Å². The molecule has 0 unspecified atom stereocenters. The van der Waals surface area contributed by atoms with Crippen LogP contribution in [0.4, 0.5) is 0 Å². The van der Waals surface area contributed by atoms with Crippen molar-refractivity contribution in [3.05, 3.63) is 29.8 Å². The summed E-state index contributed by atoms with van der Waals surface area (Å²) in [6, 6.07) is 6.14. The highest BCUT2D eigenvalue weighted by Crippen LogP contribution is 2.11. The van der Waals surface area contributed by atoms with Gasteiger partial charge in [0.15, 0.2) is 0 Å². The second-order valence-corrected chi connectivity index (χ2v) is 4.12. The minimum Gasteiger partial charge on any atom is -0.492 e. The Morgan fingerprint density at radius 3 is 2.39 bits per heavy atom. The summed E-state index contributed by atoms with van der Waals surface area (Å²) in [5.41, 5.74) is 0.218. The molecule has 0 atom stereocenters. The number of aromatic carboxylic acids is 1. The monoisotopic (exact) mass is 251 g/mol. The molecule has 0 aromatic heterocycles. The van der Waals surface area contributed by atoms with Crippen LogP contribution in [0, 0.1) is 5.92 Å². The van der Waals surface area contributed by atoms with Crippen LogP contribution in [0.1, 0.15) is 24.2 Å². The topological polar surface area (TPSA) is 75.6 Å². The molecule has 2 N–H and O–H groups in total. The van der Waals surface area contributed by atoms with E-state index in [1.807, 2.05) is 13.8 Å². The number of carboxylic acid groups (broad SMARTS) is 1. The molecule has 0 aliphatic carbocycles. The molecule has 0 fully saturated rings.